The van der Waals surface area contributed by atoms with Crippen molar-refractivity contribution in [2.24, 2.45) is 0 Å². The summed E-state index contributed by atoms with van der Waals surface area (Å²) in [6.45, 7) is 0.428. The number of carbonyl (C=O) groups is 1. The van der Waals surface area contributed by atoms with E-state index in [0.29, 0.717) is 6.54 Å². The minimum Gasteiger partial charge on any atom is -0.478 e. The minimum absolute atomic E-state index is 0.0700. The predicted octanol–water partition coefficient (Wildman–Crippen LogP) is 2.53. The van der Waals surface area contributed by atoms with Crippen LogP contribution in [-0.2, 0) is 6.54 Å². The number of nitrogens with zero attached hydrogens (tertiary/aromatic N) is 1. The van der Waals surface area contributed by atoms with Gasteiger partial charge in [0.2, 0.25) is 0 Å². The van der Waals surface area contributed by atoms with E-state index in [1.54, 1.807) is 18.5 Å². The van der Waals surface area contributed by atoms with Gasteiger partial charge in [-0.1, -0.05) is 6.07 Å². The zero-order valence-corrected chi connectivity index (χ0v) is 9.43. The third-order valence-electron chi connectivity index (χ3n) is 2.42. The van der Waals surface area contributed by atoms with Crippen LogP contribution < -0.4 is 5.32 Å². The van der Waals surface area contributed by atoms with E-state index in [2.05, 4.69) is 10.3 Å². The predicted molar refractivity (Wildman–Crippen MR) is 64.9 cm³/mol. The number of aromatic nitrogens is 1. The summed E-state index contributed by atoms with van der Waals surface area (Å²) in [5, 5.41) is 11.6. The van der Waals surface area contributed by atoms with Crippen molar-refractivity contribution < 1.29 is 14.3 Å². The number of carboxylic acids is 1. The Balaban J connectivity index is 2.08. The SMILES string of the molecule is O=C(O)c1ccc(NCc2cccnc2)c(F)c1. The van der Waals surface area contributed by atoms with Crippen molar-refractivity contribution >= 4 is 11.7 Å². The van der Waals surface area contributed by atoms with Crippen LogP contribution >= 0.6 is 0 Å². The van der Waals surface area contributed by atoms with E-state index in [1.165, 1.54) is 12.1 Å². The Bertz CT molecular complexity index is 558. The molecule has 0 saturated heterocycles. The van der Waals surface area contributed by atoms with Crippen LogP contribution in [0.15, 0.2) is 42.7 Å². The Morgan fingerprint density at radius 3 is 2.83 bits per heavy atom. The van der Waals surface area contributed by atoms with Gasteiger partial charge >= 0.3 is 5.97 Å². The van der Waals surface area contributed by atoms with Gasteiger partial charge in [-0.15, -0.1) is 0 Å². The van der Waals surface area contributed by atoms with Crippen LogP contribution in [0, 0.1) is 5.82 Å². The molecule has 92 valence electrons. The van der Waals surface area contributed by atoms with Crippen LogP contribution in [-0.4, -0.2) is 16.1 Å². The molecular weight excluding hydrogens is 235 g/mol. The molecule has 2 rings (SSSR count). The molecule has 0 aliphatic rings. The van der Waals surface area contributed by atoms with Crippen molar-refractivity contribution in [1.82, 2.24) is 4.98 Å². The van der Waals surface area contributed by atoms with E-state index in [-0.39, 0.29) is 11.3 Å². The second-order valence-electron chi connectivity index (χ2n) is 3.71. The van der Waals surface area contributed by atoms with E-state index in [0.717, 1.165) is 11.6 Å². The van der Waals surface area contributed by atoms with Gasteiger partial charge in [-0.2, -0.15) is 0 Å². The molecule has 1 heterocycles. The van der Waals surface area contributed by atoms with Crippen LogP contribution in [0.1, 0.15) is 15.9 Å². The van der Waals surface area contributed by atoms with Crippen molar-refractivity contribution in [3.8, 4) is 0 Å². The number of hydrogen-bond donors (Lipinski definition) is 2. The maximum atomic E-state index is 13.6. The van der Waals surface area contributed by atoms with Crippen molar-refractivity contribution in [2.45, 2.75) is 6.54 Å². The summed E-state index contributed by atoms with van der Waals surface area (Å²) < 4.78 is 13.6. The first-order valence-electron chi connectivity index (χ1n) is 5.32. The molecule has 0 aliphatic heterocycles. The molecule has 0 bridgehead atoms. The van der Waals surface area contributed by atoms with Gasteiger partial charge in [0, 0.05) is 18.9 Å². The molecule has 0 atom stereocenters. The molecule has 18 heavy (non-hydrogen) atoms. The summed E-state index contributed by atoms with van der Waals surface area (Å²) in [5.41, 5.74) is 1.11. The number of carboxylic acid groups (broad SMARTS) is 1. The third-order valence-corrected chi connectivity index (χ3v) is 2.42. The van der Waals surface area contributed by atoms with Gasteiger partial charge in [-0.05, 0) is 29.8 Å². The fraction of sp³-hybridized carbons (Fsp3) is 0.0769. The summed E-state index contributed by atoms with van der Waals surface area (Å²) in [6, 6.07) is 7.42. The highest BCUT2D eigenvalue weighted by atomic mass is 19.1. The summed E-state index contributed by atoms with van der Waals surface area (Å²) in [6.07, 6.45) is 3.34. The Morgan fingerprint density at radius 2 is 2.22 bits per heavy atom. The van der Waals surface area contributed by atoms with Gasteiger partial charge in [-0.3, -0.25) is 4.98 Å². The van der Waals surface area contributed by atoms with Crippen LogP contribution in [0.5, 0.6) is 0 Å². The van der Waals surface area contributed by atoms with Gasteiger partial charge < -0.3 is 10.4 Å². The smallest absolute Gasteiger partial charge is 0.335 e. The van der Waals surface area contributed by atoms with Gasteiger partial charge in [0.05, 0.1) is 11.3 Å². The normalized spacial score (nSPS) is 10.1. The number of benzene rings is 1. The van der Waals surface area contributed by atoms with E-state index < -0.39 is 11.8 Å². The highest BCUT2D eigenvalue weighted by Crippen LogP contribution is 2.16. The van der Waals surface area contributed by atoms with Crippen LogP contribution in [0.4, 0.5) is 10.1 Å². The van der Waals surface area contributed by atoms with Gasteiger partial charge in [0.25, 0.3) is 0 Å². The van der Waals surface area contributed by atoms with Gasteiger partial charge in [-0.25, -0.2) is 9.18 Å². The van der Waals surface area contributed by atoms with Crippen molar-refractivity contribution in [3.05, 3.63) is 59.7 Å². The molecule has 5 heteroatoms. The Hall–Kier alpha value is -2.43. The molecule has 0 radical (unpaired) electrons. The van der Waals surface area contributed by atoms with Gasteiger partial charge in [0.1, 0.15) is 5.82 Å². The van der Waals surface area contributed by atoms with Crippen LogP contribution in [0.25, 0.3) is 0 Å². The minimum atomic E-state index is -1.15. The molecule has 0 aliphatic carbocycles. The van der Waals surface area contributed by atoms with Crippen molar-refractivity contribution in [2.75, 3.05) is 5.32 Å². The lowest BCUT2D eigenvalue weighted by Gasteiger charge is -2.07. The quantitative estimate of drug-likeness (QED) is 0.870. The van der Waals surface area contributed by atoms with Crippen LogP contribution in [0.2, 0.25) is 0 Å². The number of nitrogens with one attached hydrogen (secondary N) is 1. The number of rotatable bonds is 4. The highest BCUT2D eigenvalue weighted by molar-refractivity contribution is 5.88. The summed E-state index contributed by atoms with van der Waals surface area (Å²) in [5.74, 6) is -1.73. The second kappa shape index (κ2) is 5.27. The lowest BCUT2D eigenvalue weighted by molar-refractivity contribution is 0.0696. The first kappa shape index (κ1) is 12.0. The average Bonchev–Trinajstić information content (AvgIpc) is 2.38. The molecule has 1 aromatic carbocycles. The van der Waals surface area contributed by atoms with Crippen LogP contribution in [0.3, 0.4) is 0 Å². The zero-order chi connectivity index (χ0) is 13.0. The first-order chi connectivity index (χ1) is 8.66. The molecular formula is C13H11FN2O2. The van der Waals surface area contributed by atoms with Crippen molar-refractivity contribution in [1.29, 1.82) is 0 Å². The fourth-order valence-corrected chi connectivity index (χ4v) is 1.49. The lowest BCUT2D eigenvalue weighted by atomic mass is 10.2. The first-order valence-corrected chi connectivity index (χ1v) is 5.32. The average molecular weight is 246 g/mol. The maximum absolute atomic E-state index is 13.6. The second-order valence-corrected chi connectivity index (χ2v) is 3.71. The number of anilines is 1. The van der Waals surface area contributed by atoms with E-state index >= 15 is 0 Å². The number of halogens is 1. The van der Waals surface area contributed by atoms with Crippen molar-refractivity contribution in [3.63, 3.8) is 0 Å². The monoisotopic (exact) mass is 246 g/mol. The largest absolute Gasteiger partial charge is 0.478 e. The molecule has 0 unspecified atom stereocenters. The van der Waals surface area contributed by atoms with E-state index in [9.17, 15) is 9.18 Å². The van der Waals surface area contributed by atoms with E-state index in [4.69, 9.17) is 5.11 Å². The molecule has 0 saturated carbocycles. The standard InChI is InChI=1S/C13H11FN2O2/c14-11-6-10(13(17)18)3-4-12(11)16-8-9-2-1-5-15-7-9/h1-7,16H,8H2,(H,17,18). The molecule has 2 aromatic rings. The Kier molecular flexibility index (Phi) is 3.52. The summed E-state index contributed by atoms with van der Waals surface area (Å²) in [4.78, 5) is 14.6. The molecule has 0 spiro atoms. The summed E-state index contributed by atoms with van der Waals surface area (Å²) in [7, 11) is 0. The number of pyridine rings is 1. The summed E-state index contributed by atoms with van der Waals surface area (Å²) >= 11 is 0. The fourth-order valence-electron chi connectivity index (χ4n) is 1.49. The molecule has 2 N–H and O–H groups in total. The Labute approximate surface area is 103 Å². The van der Waals surface area contributed by atoms with E-state index in [1.807, 2.05) is 6.07 Å². The topological polar surface area (TPSA) is 62.2 Å². The lowest BCUT2D eigenvalue weighted by Crippen LogP contribution is -2.03. The van der Waals surface area contributed by atoms with Gasteiger partial charge in [0.15, 0.2) is 0 Å². The number of aromatic carboxylic acids is 1. The maximum Gasteiger partial charge on any atom is 0.335 e. The third kappa shape index (κ3) is 2.82. The molecule has 4 nitrogen and oxygen atoms in total. The zero-order valence-electron chi connectivity index (χ0n) is 9.43. The Morgan fingerprint density at radius 1 is 1.39 bits per heavy atom. The molecule has 0 amide bonds. The number of hydrogen-bond acceptors (Lipinski definition) is 3. The highest BCUT2D eigenvalue weighted by Gasteiger charge is 2.07. The molecule has 1 aromatic heterocycles. The molecule has 0 fully saturated rings.